The molecule has 0 bridgehead atoms. The molecule has 0 atom stereocenters. The van der Waals surface area contributed by atoms with E-state index in [9.17, 15) is 4.79 Å². The molecule has 2 aromatic heterocycles. The van der Waals surface area contributed by atoms with Crippen LogP contribution in [0.4, 0.5) is 0 Å². The number of hydrogen-bond donors (Lipinski definition) is 1. The number of nitrogens with one attached hydrogen (secondary N) is 1. The highest BCUT2D eigenvalue weighted by Crippen LogP contribution is 2.31. The molecule has 1 aliphatic rings. The number of furan rings is 1. The molecular weight excluding hydrogens is 372 g/mol. The lowest BCUT2D eigenvalue weighted by atomic mass is 9.97. The van der Waals surface area contributed by atoms with Gasteiger partial charge in [-0.05, 0) is 37.8 Å². The Hall–Kier alpha value is -2.93. The highest BCUT2D eigenvalue weighted by molar-refractivity contribution is 7.99. The van der Waals surface area contributed by atoms with Gasteiger partial charge in [-0.15, -0.1) is 0 Å². The predicted molar refractivity (Wildman–Crippen MR) is 109 cm³/mol. The number of thioether (sulfide) groups is 1. The van der Waals surface area contributed by atoms with Gasteiger partial charge in [-0.25, -0.2) is 15.4 Å². The minimum Gasteiger partial charge on any atom is -0.463 e. The fourth-order valence-corrected chi connectivity index (χ4v) is 3.97. The lowest BCUT2D eigenvalue weighted by Gasteiger charge is -2.18. The van der Waals surface area contributed by atoms with E-state index < -0.39 is 0 Å². The van der Waals surface area contributed by atoms with Gasteiger partial charge in [-0.2, -0.15) is 5.10 Å². The minimum atomic E-state index is -0.183. The van der Waals surface area contributed by atoms with Crippen LogP contribution in [0, 0.1) is 0 Å². The number of nitrogens with zero attached hydrogens (tertiary/aromatic N) is 3. The molecule has 3 aromatic rings. The molecule has 2 heterocycles. The molecule has 4 rings (SSSR count). The normalized spacial score (nSPS) is 13.4. The zero-order chi connectivity index (χ0) is 19.2. The third-order valence-corrected chi connectivity index (χ3v) is 5.46. The quantitative estimate of drug-likeness (QED) is 0.298. The first-order valence-electron chi connectivity index (χ1n) is 9.23. The maximum atomic E-state index is 12.1. The van der Waals surface area contributed by atoms with Crippen molar-refractivity contribution in [1.82, 2.24) is 15.4 Å². The number of rotatable bonds is 6. The predicted octanol–water partition coefficient (Wildman–Crippen LogP) is 3.86. The van der Waals surface area contributed by atoms with Crippen molar-refractivity contribution in [1.29, 1.82) is 0 Å². The Kier molecular flexibility index (Phi) is 5.82. The Morgan fingerprint density at radius 2 is 2.00 bits per heavy atom. The molecule has 0 saturated carbocycles. The number of benzene rings is 1. The van der Waals surface area contributed by atoms with Crippen molar-refractivity contribution in [2.24, 2.45) is 5.10 Å². The number of hydrogen-bond acceptors (Lipinski definition) is 6. The van der Waals surface area contributed by atoms with Gasteiger partial charge in [0.1, 0.15) is 10.8 Å². The SMILES string of the molecule is O=C(CSc1nc(-c2ccccc2)nc2c1CCCC2)NN=Cc1ccco1. The van der Waals surface area contributed by atoms with Crippen molar-refractivity contribution in [3.05, 3.63) is 65.7 Å². The number of carbonyl (C=O) groups excluding carboxylic acids is 1. The third-order valence-electron chi connectivity index (χ3n) is 4.44. The second-order valence-corrected chi connectivity index (χ2v) is 7.41. The smallest absolute Gasteiger partial charge is 0.250 e. The summed E-state index contributed by atoms with van der Waals surface area (Å²) in [6.45, 7) is 0. The number of fused-ring (bicyclic) bond motifs is 1. The van der Waals surface area contributed by atoms with Gasteiger partial charge in [0.2, 0.25) is 5.91 Å². The average molecular weight is 392 g/mol. The van der Waals surface area contributed by atoms with Crippen LogP contribution in [0.25, 0.3) is 11.4 Å². The van der Waals surface area contributed by atoms with Crippen LogP contribution in [-0.4, -0.2) is 27.8 Å². The first kappa shape index (κ1) is 18.4. The molecule has 0 radical (unpaired) electrons. The van der Waals surface area contributed by atoms with E-state index in [0.29, 0.717) is 5.76 Å². The molecule has 0 spiro atoms. The first-order chi connectivity index (χ1) is 13.8. The van der Waals surface area contributed by atoms with E-state index in [4.69, 9.17) is 14.4 Å². The van der Waals surface area contributed by atoms with Crippen LogP contribution >= 0.6 is 11.8 Å². The number of carbonyl (C=O) groups is 1. The van der Waals surface area contributed by atoms with Gasteiger partial charge in [-0.1, -0.05) is 42.1 Å². The third kappa shape index (κ3) is 4.48. The van der Waals surface area contributed by atoms with E-state index in [2.05, 4.69) is 10.5 Å². The monoisotopic (exact) mass is 392 g/mol. The lowest BCUT2D eigenvalue weighted by molar-refractivity contribution is -0.118. The maximum absolute atomic E-state index is 12.1. The summed E-state index contributed by atoms with van der Waals surface area (Å²) in [7, 11) is 0. The highest BCUT2D eigenvalue weighted by Gasteiger charge is 2.19. The fraction of sp³-hybridized carbons (Fsp3) is 0.238. The van der Waals surface area contributed by atoms with Crippen molar-refractivity contribution in [3.8, 4) is 11.4 Å². The Bertz CT molecular complexity index is 972. The first-order valence-corrected chi connectivity index (χ1v) is 10.2. The van der Waals surface area contributed by atoms with Gasteiger partial charge in [0.25, 0.3) is 0 Å². The second-order valence-electron chi connectivity index (χ2n) is 6.45. The van der Waals surface area contributed by atoms with Gasteiger partial charge < -0.3 is 4.42 Å². The average Bonchev–Trinajstić information content (AvgIpc) is 3.26. The topological polar surface area (TPSA) is 80.4 Å². The Morgan fingerprint density at radius 1 is 1.14 bits per heavy atom. The molecule has 1 N–H and O–H groups in total. The molecule has 28 heavy (non-hydrogen) atoms. The van der Waals surface area contributed by atoms with Gasteiger partial charge in [-0.3, -0.25) is 4.79 Å². The number of aryl methyl sites for hydroxylation is 1. The van der Waals surface area contributed by atoms with Crippen molar-refractivity contribution in [2.45, 2.75) is 30.7 Å². The fourth-order valence-electron chi connectivity index (χ4n) is 3.09. The zero-order valence-electron chi connectivity index (χ0n) is 15.3. The van der Waals surface area contributed by atoms with E-state index in [-0.39, 0.29) is 11.7 Å². The molecule has 1 amide bonds. The summed E-state index contributed by atoms with van der Waals surface area (Å²) in [5, 5.41) is 4.81. The van der Waals surface area contributed by atoms with Crippen molar-refractivity contribution in [3.63, 3.8) is 0 Å². The van der Waals surface area contributed by atoms with E-state index in [0.717, 1.165) is 47.8 Å². The summed E-state index contributed by atoms with van der Waals surface area (Å²) in [5.74, 6) is 1.37. The van der Waals surface area contributed by atoms with E-state index in [1.165, 1.54) is 23.5 Å². The molecule has 7 heteroatoms. The summed E-state index contributed by atoms with van der Waals surface area (Å²) in [6.07, 6.45) is 7.23. The van der Waals surface area contributed by atoms with Crippen molar-refractivity contribution < 1.29 is 9.21 Å². The summed E-state index contributed by atoms with van der Waals surface area (Å²) in [5.41, 5.74) is 5.81. The van der Waals surface area contributed by atoms with E-state index >= 15 is 0 Å². The van der Waals surface area contributed by atoms with Crippen LogP contribution in [0.1, 0.15) is 29.9 Å². The van der Waals surface area contributed by atoms with Crippen LogP contribution in [0.2, 0.25) is 0 Å². The summed E-state index contributed by atoms with van der Waals surface area (Å²) in [6, 6.07) is 13.5. The summed E-state index contributed by atoms with van der Waals surface area (Å²) < 4.78 is 5.14. The van der Waals surface area contributed by atoms with Gasteiger partial charge in [0, 0.05) is 16.8 Å². The molecule has 1 aromatic carbocycles. The van der Waals surface area contributed by atoms with Gasteiger partial charge in [0.05, 0.1) is 18.2 Å². The number of aromatic nitrogens is 2. The van der Waals surface area contributed by atoms with Crippen LogP contribution in [0.3, 0.4) is 0 Å². The van der Waals surface area contributed by atoms with Crippen LogP contribution in [0.5, 0.6) is 0 Å². The van der Waals surface area contributed by atoms with Gasteiger partial charge in [0.15, 0.2) is 5.82 Å². The lowest BCUT2D eigenvalue weighted by Crippen LogP contribution is -2.20. The Labute approximate surface area is 167 Å². The summed E-state index contributed by atoms with van der Waals surface area (Å²) >= 11 is 1.44. The largest absolute Gasteiger partial charge is 0.463 e. The van der Waals surface area contributed by atoms with Crippen LogP contribution < -0.4 is 5.43 Å². The molecule has 0 unspecified atom stereocenters. The molecule has 0 fully saturated rings. The van der Waals surface area contributed by atoms with Gasteiger partial charge >= 0.3 is 0 Å². The standard InChI is InChI=1S/C21H20N4O2S/c26-19(25-22-13-16-9-6-12-27-16)14-28-21-17-10-4-5-11-18(17)23-20(24-21)15-7-2-1-3-8-15/h1-3,6-9,12-13H,4-5,10-11,14H2,(H,25,26). The molecule has 0 saturated heterocycles. The maximum Gasteiger partial charge on any atom is 0.250 e. The Balaban J connectivity index is 1.47. The van der Waals surface area contributed by atoms with Crippen molar-refractivity contribution >= 4 is 23.9 Å². The van der Waals surface area contributed by atoms with E-state index in [1.54, 1.807) is 18.4 Å². The number of hydrazone groups is 1. The zero-order valence-corrected chi connectivity index (χ0v) is 16.1. The second kappa shape index (κ2) is 8.84. The molecular formula is C21H20N4O2S. The van der Waals surface area contributed by atoms with Crippen LogP contribution in [-0.2, 0) is 17.6 Å². The van der Waals surface area contributed by atoms with Crippen LogP contribution in [0.15, 0.2) is 63.3 Å². The van der Waals surface area contributed by atoms with Crippen molar-refractivity contribution in [2.75, 3.05) is 5.75 Å². The molecule has 142 valence electrons. The number of amides is 1. The summed E-state index contributed by atoms with van der Waals surface area (Å²) in [4.78, 5) is 21.7. The van der Waals surface area contributed by atoms with E-state index in [1.807, 2.05) is 30.3 Å². The highest BCUT2D eigenvalue weighted by atomic mass is 32.2. The molecule has 1 aliphatic carbocycles. The Morgan fingerprint density at radius 3 is 2.82 bits per heavy atom. The minimum absolute atomic E-state index is 0.183. The molecule has 6 nitrogen and oxygen atoms in total. The molecule has 0 aliphatic heterocycles.